The zero-order valence-corrected chi connectivity index (χ0v) is 12.5. The summed E-state index contributed by atoms with van der Waals surface area (Å²) in [5, 5.41) is 0. The van der Waals surface area contributed by atoms with Crippen LogP contribution in [-0.2, 0) is 9.47 Å². The van der Waals surface area contributed by atoms with Crippen LogP contribution in [0.5, 0.6) is 0 Å². The molecule has 1 rings (SSSR count). The van der Waals surface area contributed by atoms with E-state index in [1.165, 1.54) is 0 Å². The fourth-order valence-electron chi connectivity index (χ4n) is 1.06. The molecule has 0 saturated carbocycles. The van der Waals surface area contributed by atoms with Gasteiger partial charge in [-0.05, 0) is 75.5 Å². The highest BCUT2D eigenvalue weighted by Gasteiger charge is 2.33. The highest BCUT2D eigenvalue weighted by atomic mass is 79.9. The van der Waals surface area contributed by atoms with Gasteiger partial charge in [-0.3, -0.25) is 0 Å². The van der Waals surface area contributed by atoms with Crippen molar-refractivity contribution in [3.8, 4) is 0 Å². The number of ether oxygens (including phenoxy) is 2. The van der Waals surface area contributed by atoms with E-state index in [0.29, 0.717) is 0 Å². The fraction of sp³-hybridized carbons (Fsp3) is 0.562. The largest absolute Gasteiger partial charge is 0.443 e. The zero-order chi connectivity index (χ0) is 37.2. The minimum absolute atomic E-state index is 0.772. The summed E-state index contributed by atoms with van der Waals surface area (Å²) in [6.07, 6.45) is -6.86. The molecular weight excluding hydrogens is 364 g/mol. The predicted octanol–water partition coefficient (Wildman–Crippen LogP) is 4.83. The Morgan fingerprint density at radius 1 is 1.17 bits per heavy atom. The van der Waals surface area contributed by atoms with Crippen molar-refractivity contribution in [1.82, 2.24) is 4.98 Å². The third-order valence-corrected chi connectivity index (χ3v) is 2.35. The molecule has 6 nitrogen and oxygen atoms in total. The summed E-state index contributed by atoms with van der Waals surface area (Å²) in [6.45, 7) is -29.4. The molecule has 1 aromatic heterocycles. The zero-order valence-electron chi connectivity index (χ0n) is 33.9. The number of halogens is 1. The van der Waals surface area contributed by atoms with Crippen LogP contribution in [-0.4, -0.2) is 28.4 Å². The van der Waals surface area contributed by atoms with Gasteiger partial charge in [-0.25, -0.2) is 14.6 Å². The van der Waals surface area contributed by atoms with Gasteiger partial charge in [0.15, 0.2) is 0 Å². The van der Waals surface area contributed by atoms with Crippen LogP contribution >= 0.6 is 15.9 Å². The number of hydrogen-bond donors (Lipinski definition) is 0. The van der Waals surface area contributed by atoms with Gasteiger partial charge in [-0.15, -0.1) is 0 Å². The lowest BCUT2D eigenvalue weighted by atomic mass is 10.2. The molecule has 0 aromatic carbocycles. The molecule has 0 fully saturated rings. The average molecular weight is 410 g/mol. The quantitative estimate of drug-likeness (QED) is 0.663. The first-order valence-corrected chi connectivity index (χ1v) is 6.07. The molecule has 0 aliphatic rings. The van der Waals surface area contributed by atoms with Crippen LogP contribution in [0.3, 0.4) is 0 Å². The molecule has 1 aromatic rings. The summed E-state index contributed by atoms with van der Waals surface area (Å²) in [5.41, 5.74) is -10.4. The first-order chi connectivity index (χ1) is 19.8. The minimum Gasteiger partial charge on any atom is -0.443 e. The maximum Gasteiger partial charge on any atom is 0.425 e. The van der Waals surface area contributed by atoms with Crippen molar-refractivity contribution in [2.45, 2.75) is 59.2 Å². The summed E-state index contributed by atoms with van der Waals surface area (Å²) in [5.74, 6) is -1.76. The third-order valence-electron chi connectivity index (χ3n) is 1.77. The molecule has 0 unspecified atom stereocenters. The first-order valence-electron chi connectivity index (χ1n) is 16.8. The Morgan fingerprint density at radius 3 is 2.13 bits per heavy atom. The van der Waals surface area contributed by atoms with Crippen molar-refractivity contribution in [3.63, 3.8) is 0 Å². The van der Waals surface area contributed by atoms with Gasteiger partial charge in [0.25, 0.3) is 0 Å². The van der Waals surface area contributed by atoms with Crippen LogP contribution in [0.2, 0.25) is 0 Å². The van der Waals surface area contributed by atoms with E-state index in [0.717, 1.165) is 0 Å². The number of rotatable bonds is 1. The molecule has 0 aliphatic carbocycles. The molecule has 128 valence electrons. The number of nitrogens with zero attached hydrogens (tertiary/aromatic N) is 2. The predicted molar refractivity (Wildman–Crippen MR) is 91.6 cm³/mol. The Morgan fingerprint density at radius 2 is 1.70 bits per heavy atom. The standard InChI is InChI=1S/C16H23BrN2O4/c1-10-8-12(18-9-11(10)17)19(13(20)22-15(2,3)4)14(21)23-16(5,6)7/h8-9H,1-7H3/i1D3,2D3,3D3,4D3,5D3,6D3,7D3,8D,9D. The number of hydrogen-bond acceptors (Lipinski definition) is 5. The van der Waals surface area contributed by atoms with Gasteiger partial charge in [0.2, 0.25) is 0 Å². The van der Waals surface area contributed by atoms with Crippen molar-refractivity contribution < 1.29 is 50.6 Å². The van der Waals surface area contributed by atoms with E-state index < -0.39 is 104 Å². The Bertz CT molecular complexity index is 1200. The lowest BCUT2D eigenvalue weighted by molar-refractivity contribution is 0.0429. The normalized spacial score (nSPS) is 30.4. The molecule has 0 N–H and O–H groups in total. The van der Waals surface area contributed by atoms with E-state index in [1.807, 2.05) is 0 Å². The Balaban J connectivity index is 4.42. The average Bonchev–Trinajstić information content (AvgIpc) is 2.73. The van der Waals surface area contributed by atoms with Crippen LogP contribution in [0.4, 0.5) is 15.4 Å². The topological polar surface area (TPSA) is 68.7 Å². The molecule has 23 heavy (non-hydrogen) atoms. The summed E-state index contributed by atoms with van der Waals surface area (Å²) in [6, 6.07) is -1.57. The van der Waals surface area contributed by atoms with Crippen molar-refractivity contribution >= 4 is 33.9 Å². The molecule has 0 radical (unpaired) electrons. The molecule has 2 amide bonds. The highest BCUT2D eigenvalue weighted by molar-refractivity contribution is 9.10. The number of carbonyl (C=O) groups excluding carboxylic acids is 2. The van der Waals surface area contributed by atoms with Crippen molar-refractivity contribution in [1.29, 1.82) is 0 Å². The second-order valence-electron chi connectivity index (χ2n) is 3.79. The maximum absolute atomic E-state index is 13.6. The first kappa shape index (κ1) is 4.50. The van der Waals surface area contributed by atoms with Crippen LogP contribution in [0.25, 0.3) is 0 Å². The lowest BCUT2D eigenvalue weighted by Gasteiger charge is -2.28. The summed E-state index contributed by atoms with van der Waals surface area (Å²) < 4.78 is 184. The minimum atomic E-state index is -4.56. The smallest absolute Gasteiger partial charge is 0.425 e. The van der Waals surface area contributed by atoms with E-state index in [-0.39, 0.29) is 0 Å². The van der Waals surface area contributed by atoms with Gasteiger partial charge in [-0.2, -0.15) is 4.90 Å². The van der Waals surface area contributed by atoms with Gasteiger partial charge in [-0.1, -0.05) is 0 Å². The van der Waals surface area contributed by atoms with Gasteiger partial charge < -0.3 is 9.47 Å². The van der Waals surface area contributed by atoms with Crippen molar-refractivity contribution in [3.05, 3.63) is 22.3 Å². The molecule has 0 spiro atoms. The monoisotopic (exact) mass is 409 g/mol. The molecule has 1 heterocycles. The van der Waals surface area contributed by atoms with E-state index >= 15 is 0 Å². The SMILES string of the molecule is [2H]c1nc(N(C(=O)OC(C([2H])([2H])[2H])(C([2H])([2H])[2H])C([2H])([2H])[2H])C(=O)OC(C([2H])([2H])[2H])(C([2H])([2H])[2H])C([2H])([2H])[2H])c([2H])c(C([2H])([2H])[2H])c1Br. The lowest BCUT2D eigenvalue weighted by Crippen LogP contribution is -2.44. The van der Waals surface area contributed by atoms with Gasteiger partial charge in [0, 0.05) is 39.4 Å². The maximum atomic E-state index is 13.6. The van der Waals surface area contributed by atoms with Crippen LogP contribution in [0, 0.1) is 6.85 Å². The number of imide groups is 1. The number of aromatic nitrogens is 1. The molecular formula is C16H23BrN2O4. The molecule has 0 bridgehead atoms. The number of pyridine rings is 1. The molecule has 7 heteroatoms. The number of amides is 2. The molecule has 0 aliphatic heterocycles. The second kappa shape index (κ2) is 6.86. The van der Waals surface area contributed by atoms with Crippen LogP contribution in [0.1, 0.15) is 78.2 Å². The van der Waals surface area contributed by atoms with Gasteiger partial charge in [0.1, 0.15) is 17.0 Å². The Kier molecular flexibility index (Phi) is 1.34. The van der Waals surface area contributed by atoms with Gasteiger partial charge in [0.05, 0.1) is 2.74 Å². The van der Waals surface area contributed by atoms with Crippen molar-refractivity contribution in [2.24, 2.45) is 0 Å². The Hall–Kier alpha value is -1.63. The van der Waals surface area contributed by atoms with E-state index in [2.05, 4.69) is 30.4 Å². The summed E-state index contributed by atoms with van der Waals surface area (Å²) in [7, 11) is 0. The fourth-order valence-corrected chi connectivity index (χ4v) is 1.25. The van der Waals surface area contributed by atoms with E-state index in [4.69, 9.17) is 31.5 Å². The number of carbonyl (C=O) groups is 2. The summed E-state index contributed by atoms with van der Waals surface area (Å²) in [4.78, 5) is 29.5. The number of anilines is 1. The second-order valence-corrected chi connectivity index (χ2v) is 4.59. The van der Waals surface area contributed by atoms with Gasteiger partial charge >= 0.3 is 12.2 Å². The van der Waals surface area contributed by atoms with Crippen LogP contribution in [0.15, 0.2) is 16.7 Å². The van der Waals surface area contributed by atoms with E-state index in [9.17, 15) is 9.59 Å². The molecule has 0 saturated heterocycles. The molecule has 0 atom stereocenters. The Labute approximate surface area is 177 Å². The van der Waals surface area contributed by atoms with Crippen LogP contribution < -0.4 is 4.90 Å². The summed E-state index contributed by atoms with van der Waals surface area (Å²) >= 11 is 2.65. The third kappa shape index (κ3) is 6.17. The van der Waals surface area contributed by atoms with Crippen molar-refractivity contribution in [2.75, 3.05) is 4.90 Å². The van der Waals surface area contributed by atoms with E-state index in [1.54, 1.807) is 0 Å². The highest BCUT2D eigenvalue weighted by Crippen LogP contribution is 2.23.